The molecule has 0 aliphatic heterocycles. The summed E-state index contributed by atoms with van der Waals surface area (Å²) in [6.07, 6.45) is 0.605. The molecule has 1 amide bonds. The van der Waals surface area contributed by atoms with Crippen LogP contribution in [0.5, 0.6) is 5.75 Å². The molecule has 1 unspecified atom stereocenters. The number of amides is 1. The van der Waals surface area contributed by atoms with Crippen LogP contribution in [-0.2, 0) is 9.53 Å². The van der Waals surface area contributed by atoms with E-state index in [2.05, 4.69) is 10.6 Å². The Morgan fingerprint density at radius 3 is 2.55 bits per heavy atom. The van der Waals surface area contributed by atoms with Crippen molar-refractivity contribution in [2.24, 2.45) is 0 Å². The van der Waals surface area contributed by atoms with Crippen molar-refractivity contribution < 1.29 is 24.5 Å². The number of carbonyl (C=O) groups excluding carboxylic acids is 2. The lowest BCUT2D eigenvalue weighted by Gasteiger charge is -2.30. The fourth-order valence-corrected chi connectivity index (χ4v) is 2.66. The first-order valence-electron chi connectivity index (χ1n) is 9.06. The number of para-hydroxylation sites is 1. The Labute approximate surface area is 170 Å². The van der Waals surface area contributed by atoms with Crippen LogP contribution in [0, 0.1) is 0 Å². The van der Waals surface area contributed by atoms with Crippen molar-refractivity contribution in [1.82, 2.24) is 15.1 Å². The summed E-state index contributed by atoms with van der Waals surface area (Å²) in [7, 11) is 8.56. The summed E-state index contributed by atoms with van der Waals surface area (Å²) in [5.74, 6) is -0.490. The van der Waals surface area contributed by atoms with Gasteiger partial charge in [0.1, 0.15) is 11.5 Å². The van der Waals surface area contributed by atoms with Crippen LogP contribution in [0.4, 0.5) is 5.69 Å². The van der Waals surface area contributed by atoms with Crippen LogP contribution in [0.1, 0.15) is 10.4 Å². The number of methoxy groups -OCH3 is 1. The highest BCUT2D eigenvalue weighted by Crippen LogP contribution is 2.32. The highest BCUT2D eigenvalue weighted by atomic mass is 16.5. The first-order chi connectivity index (χ1) is 13.7. The van der Waals surface area contributed by atoms with Gasteiger partial charge in [-0.3, -0.25) is 9.59 Å². The standard InChI is InChI=1S/C20H28N4O5/c1-23(2)10-9-12(29-5)11-21-15-16(19(27)18(15)26)22-14-8-6-7-13(17(14)25)20(28)24(3)4/h6-9,18,21-22,25-26H,10-11H2,1-5H3/b12-9-. The summed E-state index contributed by atoms with van der Waals surface area (Å²) in [4.78, 5) is 27.6. The van der Waals surface area contributed by atoms with E-state index in [9.17, 15) is 19.8 Å². The van der Waals surface area contributed by atoms with Crippen molar-refractivity contribution in [3.63, 3.8) is 0 Å². The van der Waals surface area contributed by atoms with Crippen LogP contribution >= 0.6 is 0 Å². The van der Waals surface area contributed by atoms with Crippen molar-refractivity contribution in [3.8, 4) is 5.75 Å². The lowest BCUT2D eigenvalue weighted by Crippen LogP contribution is -2.46. The number of phenols is 1. The van der Waals surface area contributed by atoms with Crippen LogP contribution in [0.2, 0.25) is 0 Å². The number of phenolic OH excluding ortho intramolecular Hbond substituents is 1. The molecule has 1 aromatic carbocycles. The number of ketones is 1. The van der Waals surface area contributed by atoms with E-state index < -0.39 is 11.9 Å². The molecule has 4 N–H and O–H groups in total. The van der Waals surface area contributed by atoms with E-state index in [-0.39, 0.29) is 35.1 Å². The number of rotatable bonds is 9. The maximum Gasteiger partial charge on any atom is 0.257 e. The second-order valence-corrected chi connectivity index (χ2v) is 7.07. The van der Waals surface area contributed by atoms with Crippen LogP contribution in [-0.4, -0.2) is 86.2 Å². The van der Waals surface area contributed by atoms with Crippen molar-refractivity contribution in [2.45, 2.75) is 6.10 Å². The van der Waals surface area contributed by atoms with Gasteiger partial charge in [-0.05, 0) is 32.3 Å². The number of aliphatic hydroxyl groups excluding tert-OH is 1. The average molecular weight is 404 g/mol. The second kappa shape index (κ2) is 9.44. The molecule has 0 saturated carbocycles. The molecule has 2 rings (SSSR count). The van der Waals surface area contributed by atoms with Crippen molar-refractivity contribution in [1.29, 1.82) is 0 Å². The number of carbonyl (C=O) groups is 2. The van der Waals surface area contributed by atoms with Gasteiger partial charge < -0.3 is 35.4 Å². The Kier molecular flexibility index (Phi) is 7.24. The summed E-state index contributed by atoms with van der Waals surface area (Å²) in [5, 5.41) is 26.3. The SMILES string of the molecule is CO/C(=C\CN(C)C)CNC1=C(Nc2cccc(C(=O)N(C)C)c2O)C(=O)C1O. The number of hydrogen-bond donors (Lipinski definition) is 4. The zero-order valence-electron chi connectivity index (χ0n) is 17.3. The summed E-state index contributed by atoms with van der Waals surface area (Å²) in [6, 6.07) is 4.63. The summed E-state index contributed by atoms with van der Waals surface area (Å²) in [5.41, 5.74) is 0.731. The number of likely N-dealkylation sites (N-methyl/N-ethyl adjacent to an activating group) is 1. The van der Waals surface area contributed by atoms with Gasteiger partial charge in [0.25, 0.3) is 5.91 Å². The van der Waals surface area contributed by atoms with Crippen molar-refractivity contribution >= 4 is 17.4 Å². The third-order valence-corrected chi connectivity index (χ3v) is 4.37. The number of nitrogens with one attached hydrogen (secondary N) is 2. The van der Waals surface area contributed by atoms with Gasteiger partial charge in [0.05, 0.1) is 30.6 Å². The molecule has 0 radical (unpaired) electrons. The van der Waals surface area contributed by atoms with E-state index in [4.69, 9.17) is 4.74 Å². The second-order valence-electron chi connectivity index (χ2n) is 7.07. The fraction of sp³-hybridized carbons (Fsp3) is 0.400. The topological polar surface area (TPSA) is 114 Å². The smallest absolute Gasteiger partial charge is 0.257 e. The third kappa shape index (κ3) is 5.07. The molecular formula is C20H28N4O5. The molecule has 1 atom stereocenters. The number of anilines is 1. The number of aliphatic hydroxyl groups is 1. The van der Waals surface area contributed by atoms with Crippen LogP contribution < -0.4 is 10.6 Å². The first-order valence-corrected chi connectivity index (χ1v) is 9.06. The molecule has 0 aromatic heterocycles. The van der Waals surface area contributed by atoms with E-state index in [1.807, 2.05) is 25.1 Å². The Morgan fingerprint density at radius 2 is 1.97 bits per heavy atom. The van der Waals surface area contributed by atoms with Crippen LogP contribution in [0.25, 0.3) is 0 Å². The third-order valence-electron chi connectivity index (χ3n) is 4.37. The van der Waals surface area contributed by atoms with Gasteiger partial charge in [0.15, 0.2) is 11.9 Å². The molecular weight excluding hydrogens is 376 g/mol. The Morgan fingerprint density at radius 1 is 1.28 bits per heavy atom. The minimum Gasteiger partial charge on any atom is -0.505 e. The first kappa shape index (κ1) is 22.3. The van der Waals surface area contributed by atoms with Gasteiger partial charge in [-0.25, -0.2) is 0 Å². The Balaban J connectivity index is 2.21. The monoisotopic (exact) mass is 404 g/mol. The highest BCUT2D eigenvalue weighted by molar-refractivity contribution is 6.11. The summed E-state index contributed by atoms with van der Waals surface area (Å²) >= 11 is 0. The van der Waals surface area contributed by atoms with E-state index in [0.717, 1.165) is 0 Å². The quantitative estimate of drug-likeness (QED) is 0.344. The molecule has 0 bridgehead atoms. The average Bonchev–Trinajstić information content (AvgIpc) is 2.69. The van der Waals surface area contributed by atoms with Crippen molar-refractivity contribution in [2.75, 3.05) is 53.7 Å². The minimum atomic E-state index is -1.28. The predicted molar refractivity (Wildman–Crippen MR) is 109 cm³/mol. The Bertz CT molecular complexity index is 845. The number of nitrogens with zero attached hydrogens (tertiary/aromatic N) is 2. The van der Waals surface area contributed by atoms with E-state index in [1.54, 1.807) is 33.3 Å². The lowest BCUT2D eigenvalue weighted by atomic mass is 9.94. The zero-order chi connectivity index (χ0) is 21.7. The largest absolute Gasteiger partial charge is 0.505 e. The van der Waals surface area contributed by atoms with E-state index in [1.165, 1.54) is 11.0 Å². The lowest BCUT2D eigenvalue weighted by molar-refractivity contribution is -0.124. The van der Waals surface area contributed by atoms with Gasteiger partial charge in [-0.15, -0.1) is 0 Å². The molecule has 0 heterocycles. The molecule has 0 spiro atoms. The molecule has 9 heteroatoms. The minimum absolute atomic E-state index is 0.107. The molecule has 1 aromatic rings. The van der Waals surface area contributed by atoms with Crippen LogP contribution in [0.15, 0.2) is 41.4 Å². The molecule has 9 nitrogen and oxygen atoms in total. The maximum atomic E-state index is 12.2. The Hall–Kier alpha value is -3.04. The maximum absolute atomic E-state index is 12.2. The molecule has 158 valence electrons. The predicted octanol–water partition coefficient (Wildman–Crippen LogP) is 0.343. The molecule has 1 aliphatic rings. The normalized spacial score (nSPS) is 16.6. The van der Waals surface area contributed by atoms with Gasteiger partial charge in [0.2, 0.25) is 5.78 Å². The number of benzene rings is 1. The molecule has 0 fully saturated rings. The van der Waals surface area contributed by atoms with Crippen LogP contribution in [0.3, 0.4) is 0 Å². The highest BCUT2D eigenvalue weighted by Gasteiger charge is 2.38. The molecule has 0 saturated heterocycles. The number of aromatic hydroxyl groups is 1. The fourth-order valence-electron chi connectivity index (χ4n) is 2.66. The van der Waals surface area contributed by atoms with Gasteiger partial charge in [0, 0.05) is 20.6 Å². The van der Waals surface area contributed by atoms with Crippen molar-refractivity contribution in [3.05, 3.63) is 47.0 Å². The van der Waals surface area contributed by atoms with Gasteiger partial charge >= 0.3 is 0 Å². The summed E-state index contributed by atoms with van der Waals surface area (Å²) < 4.78 is 5.30. The number of ether oxygens (including phenoxy) is 1. The van der Waals surface area contributed by atoms with E-state index in [0.29, 0.717) is 18.0 Å². The molecule has 29 heavy (non-hydrogen) atoms. The van der Waals surface area contributed by atoms with E-state index >= 15 is 0 Å². The van der Waals surface area contributed by atoms with Gasteiger partial charge in [-0.2, -0.15) is 0 Å². The number of hydrogen-bond acceptors (Lipinski definition) is 8. The summed E-state index contributed by atoms with van der Waals surface area (Å²) in [6.45, 7) is 0.956. The van der Waals surface area contributed by atoms with Gasteiger partial charge in [-0.1, -0.05) is 6.07 Å². The zero-order valence-corrected chi connectivity index (χ0v) is 17.3. The molecule has 1 aliphatic carbocycles. The number of Topliss-reactive ketones (excluding diaryl/α,β-unsaturated/α-hetero) is 1.